The summed E-state index contributed by atoms with van der Waals surface area (Å²) >= 11 is 0. The Balaban J connectivity index is 1.51. The van der Waals surface area contributed by atoms with Crippen molar-refractivity contribution in [1.82, 2.24) is 5.43 Å². The molecule has 0 fully saturated rings. The van der Waals surface area contributed by atoms with Crippen LogP contribution in [0.3, 0.4) is 0 Å². The van der Waals surface area contributed by atoms with Gasteiger partial charge in [-0.25, -0.2) is 5.43 Å². The molecule has 0 spiro atoms. The smallest absolute Gasteiger partial charge is 0.277 e. The summed E-state index contributed by atoms with van der Waals surface area (Å²) in [6, 6.07) is 21.1. The number of nitrogens with one attached hydrogen (secondary N) is 1. The second-order valence-corrected chi connectivity index (χ2v) is 7.08. The molecule has 3 aromatic rings. The van der Waals surface area contributed by atoms with Crippen molar-refractivity contribution in [2.45, 2.75) is 20.5 Å². The van der Waals surface area contributed by atoms with Gasteiger partial charge in [0.15, 0.2) is 18.1 Å². The molecule has 0 atom stereocenters. The summed E-state index contributed by atoms with van der Waals surface area (Å²) in [7, 11) is 1.58. The topological polar surface area (TPSA) is 69.2 Å². The van der Waals surface area contributed by atoms with E-state index >= 15 is 0 Å². The second kappa shape index (κ2) is 10.8. The van der Waals surface area contributed by atoms with E-state index in [1.807, 2.05) is 56.3 Å². The van der Waals surface area contributed by atoms with Crippen LogP contribution in [0.5, 0.6) is 17.2 Å². The summed E-state index contributed by atoms with van der Waals surface area (Å²) in [5.74, 6) is 1.52. The zero-order valence-electron chi connectivity index (χ0n) is 17.9. The maximum atomic E-state index is 11.9. The van der Waals surface area contributed by atoms with Gasteiger partial charge >= 0.3 is 0 Å². The standard InChI is InChI=1S/C25H26N2O4/c1-18-7-9-20(10-8-18)16-31-23-12-11-21(14-24(23)29-3)15-26-27-25(28)17-30-22-6-4-5-19(2)13-22/h4-15H,16-17H2,1-3H3,(H,27,28)/b26-15+. The summed E-state index contributed by atoms with van der Waals surface area (Å²) < 4.78 is 16.8. The lowest BCUT2D eigenvalue weighted by Gasteiger charge is -2.11. The first-order valence-corrected chi connectivity index (χ1v) is 9.91. The number of aryl methyl sites for hydroxylation is 2. The van der Waals surface area contributed by atoms with Crippen LogP contribution in [0.25, 0.3) is 0 Å². The number of methoxy groups -OCH3 is 1. The zero-order valence-corrected chi connectivity index (χ0v) is 17.9. The normalized spacial score (nSPS) is 10.7. The minimum Gasteiger partial charge on any atom is -0.493 e. The fourth-order valence-electron chi connectivity index (χ4n) is 2.79. The van der Waals surface area contributed by atoms with E-state index in [-0.39, 0.29) is 12.5 Å². The van der Waals surface area contributed by atoms with Gasteiger partial charge in [-0.3, -0.25) is 4.79 Å². The van der Waals surface area contributed by atoms with Gasteiger partial charge in [0.1, 0.15) is 12.4 Å². The summed E-state index contributed by atoms with van der Waals surface area (Å²) in [4.78, 5) is 11.9. The van der Waals surface area contributed by atoms with E-state index in [4.69, 9.17) is 14.2 Å². The van der Waals surface area contributed by atoms with Crippen molar-refractivity contribution in [1.29, 1.82) is 0 Å². The molecule has 160 valence electrons. The van der Waals surface area contributed by atoms with Gasteiger partial charge in [-0.05, 0) is 60.9 Å². The average Bonchev–Trinajstić information content (AvgIpc) is 2.78. The molecule has 6 nitrogen and oxygen atoms in total. The molecule has 31 heavy (non-hydrogen) atoms. The number of amides is 1. The lowest BCUT2D eigenvalue weighted by Crippen LogP contribution is -2.24. The first-order valence-electron chi connectivity index (χ1n) is 9.91. The lowest BCUT2D eigenvalue weighted by molar-refractivity contribution is -0.123. The van der Waals surface area contributed by atoms with Crippen molar-refractivity contribution in [3.63, 3.8) is 0 Å². The fraction of sp³-hybridized carbons (Fsp3) is 0.200. The summed E-state index contributed by atoms with van der Waals surface area (Å²) in [6.07, 6.45) is 1.54. The fourth-order valence-corrected chi connectivity index (χ4v) is 2.79. The van der Waals surface area contributed by atoms with E-state index in [2.05, 4.69) is 22.7 Å². The number of ether oxygens (including phenoxy) is 3. The van der Waals surface area contributed by atoms with Crippen molar-refractivity contribution in [3.05, 3.63) is 89.0 Å². The largest absolute Gasteiger partial charge is 0.493 e. The molecule has 0 radical (unpaired) electrons. The number of rotatable bonds is 9. The Morgan fingerprint density at radius 3 is 2.48 bits per heavy atom. The van der Waals surface area contributed by atoms with Crippen molar-refractivity contribution in [2.75, 3.05) is 13.7 Å². The van der Waals surface area contributed by atoms with Gasteiger partial charge in [0, 0.05) is 0 Å². The van der Waals surface area contributed by atoms with E-state index < -0.39 is 0 Å². The molecular weight excluding hydrogens is 392 g/mol. The van der Waals surface area contributed by atoms with Crippen LogP contribution in [0.2, 0.25) is 0 Å². The Kier molecular flexibility index (Phi) is 7.65. The maximum Gasteiger partial charge on any atom is 0.277 e. The van der Waals surface area contributed by atoms with Crippen LogP contribution in [0.1, 0.15) is 22.3 Å². The van der Waals surface area contributed by atoms with Gasteiger partial charge in [-0.15, -0.1) is 0 Å². The van der Waals surface area contributed by atoms with Crippen LogP contribution < -0.4 is 19.6 Å². The molecule has 0 aliphatic carbocycles. The predicted octanol–water partition coefficient (Wildman–Crippen LogP) is 4.42. The molecule has 3 aromatic carbocycles. The van der Waals surface area contributed by atoms with Gasteiger partial charge in [0.25, 0.3) is 5.91 Å². The first-order chi connectivity index (χ1) is 15.0. The van der Waals surface area contributed by atoms with Crippen molar-refractivity contribution < 1.29 is 19.0 Å². The van der Waals surface area contributed by atoms with Crippen LogP contribution in [-0.2, 0) is 11.4 Å². The molecule has 1 N–H and O–H groups in total. The number of hydrogen-bond donors (Lipinski definition) is 1. The molecule has 0 saturated heterocycles. The highest BCUT2D eigenvalue weighted by Crippen LogP contribution is 2.28. The molecule has 0 aliphatic heterocycles. The minimum atomic E-state index is -0.345. The highest BCUT2D eigenvalue weighted by molar-refractivity contribution is 5.83. The number of hydrogen-bond acceptors (Lipinski definition) is 5. The Morgan fingerprint density at radius 1 is 0.935 bits per heavy atom. The molecular formula is C25H26N2O4. The Morgan fingerprint density at radius 2 is 1.74 bits per heavy atom. The van der Waals surface area contributed by atoms with Crippen LogP contribution >= 0.6 is 0 Å². The SMILES string of the molecule is COc1cc(/C=N/NC(=O)COc2cccc(C)c2)ccc1OCc1ccc(C)cc1. The Labute approximate surface area is 182 Å². The Bertz CT molecular complexity index is 1050. The first kappa shape index (κ1) is 21.9. The van der Waals surface area contributed by atoms with E-state index in [0.717, 1.165) is 16.7 Å². The molecule has 0 aromatic heterocycles. The van der Waals surface area contributed by atoms with E-state index in [0.29, 0.717) is 23.9 Å². The minimum absolute atomic E-state index is 0.115. The lowest BCUT2D eigenvalue weighted by atomic mass is 10.2. The summed E-state index contributed by atoms with van der Waals surface area (Å²) in [5, 5.41) is 3.98. The highest BCUT2D eigenvalue weighted by Gasteiger charge is 2.06. The van der Waals surface area contributed by atoms with Gasteiger partial charge in [-0.2, -0.15) is 5.10 Å². The van der Waals surface area contributed by atoms with Crippen LogP contribution in [0, 0.1) is 13.8 Å². The quantitative estimate of drug-likeness (QED) is 0.413. The molecule has 0 unspecified atom stereocenters. The Hall–Kier alpha value is -3.80. The van der Waals surface area contributed by atoms with Crippen LogP contribution in [-0.4, -0.2) is 25.8 Å². The van der Waals surface area contributed by atoms with E-state index in [1.165, 1.54) is 11.8 Å². The number of nitrogens with zero attached hydrogens (tertiary/aromatic N) is 1. The molecule has 0 aliphatic rings. The van der Waals surface area contributed by atoms with Gasteiger partial charge < -0.3 is 14.2 Å². The summed E-state index contributed by atoms with van der Waals surface area (Å²) in [6.45, 7) is 4.34. The number of carbonyl (C=O) groups excluding carboxylic acids is 1. The van der Waals surface area contributed by atoms with Crippen LogP contribution in [0.4, 0.5) is 0 Å². The molecule has 0 heterocycles. The number of hydrazone groups is 1. The average molecular weight is 418 g/mol. The maximum absolute atomic E-state index is 11.9. The van der Waals surface area contributed by atoms with E-state index in [1.54, 1.807) is 19.2 Å². The molecule has 6 heteroatoms. The monoisotopic (exact) mass is 418 g/mol. The van der Waals surface area contributed by atoms with Gasteiger partial charge in [0.2, 0.25) is 0 Å². The van der Waals surface area contributed by atoms with Crippen molar-refractivity contribution >= 4 is 12.1 Å². The van der Waals surface area contributed by atoms with Crippen molar-refractivity contribution in [3.8, 4) is 17.2 Å². The summed E-state index contributed by atoms with van der Waals surface area (Å²) in [5.41, 5.74) is 6.57. The number of carbonyl (C=O) groups is 1. The molecule has 0 saturated carbocycles. The molecule has 3 rings (SSSR count). The van der Waals surface area contributed by atoms with Gasteiger partial charge in [-0.1, -0.05) is 42.0 Å². The van der Waals surface area contributed by atoms with Gasteiger partial charge in [0.05, 0.1) is 13.3 Å². The van der Waals surface area contributed by atoms with E-state index in [9.17, 15) is 4.79 Å². The third kappa shape index (κ3) is 6.89. The molecule has 1 amide bonds. The predicted molar refractivity (Wildman–Crippen MR) is 121 cm³/mol. The second-order valence-electron chi connectivity index (χ2n) is 7.08. The third-order valence-corrected chi connectivity index (χ3v) is 4.46. The number of benzene rings is 3. The third-order valence-electron chi connectivity index (χ3n) is 4.46. The zero-order chi connectivity index (χ0) is 22.1. The van der Waals surface area contributed by atoms with Crippen molar-refractivity contribution in [2.24, 2.45) is 5.10 Å². The van der Waals surface area contributed by atoms with Crippen LogP contribution in [0.15, 0.2) is 71.8 Å². The highest BCUT2D eigenvalue weighted by atomic mass is 16.5. The molecule has 0 bridgehead atoms.